The molecule has 130 valence electrons. The first-order valence-corrected chi connectivity index (χ1v) is 8.13. The topological polar surface area (TPSA) is 55.6 Å². The van der Waals surface area contributed by atoms with Gasteiger partial charge in [-0.05, 0) is 62.6 Å². The van der Waals surface area contributed by atoms with Crippen LogP contribution in [0.1, 0.15) is 53.4 Å². The number of esters is 1. The number of hydrogen-bond donors (Lipinski definition) is 0. The van der Waals surface area contributed by atoms with Crippen LogP contribution in [-0.4, -0.2) is 23.1 Å². The molecule has 5 nitrogen and oxygen atoms in total. The van der Waals surface area contributed by atoms with Crippen LogP contribution in [0.5, 0.6) is 0 Å². The van der Waals surface area contributed by atoms with Gasteiger partial charge >= 0.3 is 5.97 Å². The molecule has 0 aliphatic carbocycles. The third-order valence-electron chi connectivity index (χ3n) is 4.66. The average Bonchev–Trinajstić information content (AvgIpc) is 3.04. The Labute approximate surface area is 143 Å². The molecule has 2 aromatic rings. The number of rotatable bonds is 6. The summed E-state index contributed by atoms with van der Waals surface area (Å²) in [6.07, 6.45) is 1.60. The van der Waals surface area contributed by atoms with Crippen LogP contribution in [0.25, 0.3) is 0 Å². The molecule has 1 aromatic heterocycles. The van der Waals surface area contributed by atoms with E-state index in [-0.39, 0.29) is 12.0 Å². The number of nitrogens with zero attached hydrogens (tertiary/aromatic N) is 2. The number of ether oxygens (including phenoxy) is 1. The first-order chi connectivity index (χ1) is 11.3. The minimum Gasteiger partial charge on any atom is -0.461 e. The van der Waals surface area contributed by atoms with Gasteiger partial charge in [0.15, 0.2) is 0 Å². The molecule has 24 heavy (non-hydrogen) atoms. The fraction of sp³-hybridized carbons (Fsp3) is 0.474. The van der Waals surface area contributed by atoms with E-state index in [1.54, 1.807) is 6.26 Å². The second-order valence-electron chi connectivity index (χ2n) is 6.39. The zero-order valence-corrected chi connectivity index (χ0v) is 15.3. The summed E-state index contributed by atoms with van der Waals surface area (Å²) in [5, 5.41) is 4.03. The molecule has 0 saturated heterocycles. The summed E-state index contributed by atoms with van der Waals surface area (Å²) < 4.78 is 10.2. The molecule has 0 amide bonds. The van der Waals surface area contributed by atoms with Crippen LogP contribution >= 0.6 is 0 Å². The highest BCUT2D eigenvalue weighted by molar-refractivity contribution is 5.66. The van der Waals surface area contributed by atoms with Gasteiger partial charge in [0.1, 0.15) is 18.6 Å². The predicted molar refractivity (Wildman–Crippen MR) is 92.5 cm³/mol. The largest absolute Gasteiger partial charge is 0.461 e. The number of hydrogen-bond acceptors (Lipinski definition) is 5. The molecule has 5 heteroatoms. The Hall–Kier alpha value is -2.14. The van der Waals surface area contributed by atoms with Crippen LogP contribution in [0.2, 0.25) is 0 Å². The van der Waals surface area contributed by atoms with Gasteiger partial charge in [-0.25, -0.2) is 0 Å². The van der Waals surface area contributed by atoms with Crippen molar-refractivity contribution in [3.05, 3.63) is 51.9 Å². The van der Waals surface area contributed by atoms with Crippen molar-refractivity contribution in [2.75, 3.05) is 7.05 Å². The van der Waals surface area contributed by atoms with E-state index in [1.165, 1.54) is 23.6 Å². The van der Waals surface area contributed by atoms with E-state index < -0.39 is 0 Å². The second-order valence-corrected chi connectivity index (χ2v) is 6.39. The maximum atomic E-state index is 11.1. The van der Waals surface area contributed by atoms with Gasteiger partial charge in [0.2, 0.25) is 0 Å². The third-order valence-corrected chi connectivity index (χ3v) is 4.66. The summed E-state index contributed by atoms with van der Waals surface area (Å²) in [7, 11) is 2.07. The van der Waals surface area contributed by atoms with Gasteiger partial charge in [-0.15, -0.1) is 0 Å². The van der Waals surface area contributed by atoms with Crippen molar-refractivity contribution >= 4 is 5.97 Å². The summed E-state index contributed by atoms with van der Waals surface area (Å²) in [6, 6.07) is 4.21. The van der Waals surface area contributed by atoms with Gasteiger partial charge in [0.05, 0.1) is 6.04 Å². The molecule has 0 saturated carbocycles. The van der Waals surface area contributed by atoms with E-state index in [9.17, 15) is 4.79 Å². The van der Waals surface area contributed by atoms with Crippen molar-refractivity contribution in [3.8, 4) is 0 Å². The zero-order chi connectivity index (χ0) is 17.9. The van der Waals surface area contributed by atoms with E-state index in [0.717, 1.165) is 23.4 Å². The Bertz CT molecular complexity index is 708. The highest BCUT2D eigenvalue weighted by Gasteiger charge is 2.18. The Morgan fingerprint density at radius 2 is 1.96 bits per heavy atom. The van der Waals surface area contributed by atoms with Crippen molar-refractivity contribution in [2.45, 2.75) is 53.8 Å². The molecular formula is C19H26N2O3. The number of carbonyl (C=O) groups is 1. The monoisotopic (exact) mass is 330 g/mol. The molecule has 0 radical (unpaired) electrons. The van der Waals surface area contributed by atoms with Crippen molar-refractivity contribution < 1.29 is 14.1 Å². The van der Waals surface area contributed by atoms with Crippen LogP contribution in [0.15, 0.2) is 22.9 Å². The molecule has 0 fully saturated rings. The van der Waals surface area contributed by atoms with Crippen molar-refractivity contribution in [1.82, 2.24) is 10.1 Å². The highest BCUT2D eigenvalue weighted by Crippen LogP contribution is 2.27. The van der Waals surface area contributed by atoms with E-state index in [0.29, 0.717) is 6.61 Å². The number of aromatic nitrogens is 1. The minimum absolute atomic E-state index is 0.153. The second kappa shape index (κ2) is 7.62. The van der Waals surface area contributed by atoms with E-state index in [2.05, 4.69) is 50.9 Å². The molecule has 2 rings (SSSR count). The van der Waals surface area contributed by atoms with Gasteiger partial charge in [-0.1, -0.05) is 11.2 Å². The van der Waals surface area contributed by atoms with Crippen LogP contribution in [0, 0.1) is 20.8 Å². The standard InChI is InChI=1S/C19H26N2O3/c1-12-9-13(2)18(11-23-16(5)22)14(3)17(12)10-21(6)15(4)19-7-8-24-20-19/h7-9,15H,10-11H2,1-6H3/t15-/m1/s1. The quantitative estimate of drug-likeness (QED) is 0.753. The molecule has 0 bridgehead atoms. The maximum absolute atomic E-state index is 11.1. The van der Waals surface area contributed by atoms with Gasteiger partial charge in [-0.2, -0.15) is 0 Å². The molecule has 1 atom stereocenters. The molecular weight excluding hydrogens is 304 g/mol. The normalized spacial score (nSPS) is 12.5. The van der Waals surface area contributed by atoms with Crippen LogP contribution < -0.4 is 0 Å². The summed E-state index contributed by atoms with van der Waals surface area (Å²) in [4.78, 5) is 13.4. The molecule has 0 spiro atoms. The number of carbonyl (C=O) groups excluding carboxylic acids is 1. The maximum Gasteiger partial charge on any atom is 0.302 e. The average molecular weight is 330 g/mol. The summed E-state index contributed by atoms with van der Waals surface area (Å²) in [5.41, 5.74) is 6.86. The highest BCUT2D eigenvalue weighted by atomic mass is 16.5. The molecule has 0 N–H and O–H groups in total. The van der Waals surface area contributed by atoms with Crippen molar-refractivity contribution in [3.63, 3.8) is 0 Å². The van der Waals surface area contributed by atoms with Gasteiger partial charge in [0.25, 0.3) is 0 Å². The van der Waals surface area contributed by atoms with Gasteiger partial charge in [0, 0.05) is 19.5 Å². The lowest BCUT2D eigenvalue weighted by atomic mass is 9.93. The Morgan fingerprint density at radius 1 is 1.29 bits per heavy atom. The Kier molecular flexibility index (Phi) is 5.78. The summed E-state index contributed by atoms with van der Waals surface area (Å²) >= 11 is 0. The summed E-state index contributed by atoms with van der Waals surface area (Å²) in [5.74, 6) is -0.257. The SMILES string of the molecule is CC(=O)OCc1c(C)cc(C)c(CN(C)[C@H](C)c2ccon2)c1C. The molecule has 0 unspecified atom stereocenters. The van der Waals surface area contributed by atoms with Crippen LogP contribution in [-0.2, 0) is 22.7 Å². The number of benzene rings is 1. The number of aryl methyl sites for hydroxylation is 2. The lowest BCUT2D eigenvalue weighted by molar-refractivity contribution is -0.142. The smallest absolute Gasteiger partial charge is 0.302 e. The van der Waals surface area contributed by atoms with Crippen LogP contribution in [0.4, 0.5) is 0 Å². The fourth-order valence-corrected chi connectivity index (χ4v) is 2.96. The molecule has 1 heterocycles. The first kappa shape index (κ1) is 18.2. The lowest BCUT2D eigenvalue weighted by Gasteiger charge is -2.26. The molecule has 0 aliphatic rings. The van der Waals surface area contributed by atoms with Gasteiger partial charge < -0.3 is 9.26 Å². The Morgan fingerprint density at radius 3 is 2.54 bits per heavy atom. The van der Waals surface area contributed by atoms with Gasteiger partial charge in [-0.3, -0.25) is 9.69 Å². The van der Waals surface area contributed by atoms with E-state index >= 15 is 0 Å². The van der Waals surface area contributed by atoms with E-state index in [4.69, 9.17) is 9.26 Å². The van der Waals surface area contributed by atoms with Crippen molar-refractivity contribution in [1.29, 1.82) is 0 Å². The fourth-order valence-electron chi connectivity index (χ4n) is 2.96. The zero-order valence-electron chi connectivity index (χ0n) is 15.3. The Balaban J connectivity index is 2.25. The minimum atomic E-state index is -0.257. The molecule has 1 aromatic carbocycles. The third kappa shape index (κ3) is 4.03. The van der Waals surface area contributed by atoms with E-state index in [1.807, 2.05) is 6.07 Å². The lowest BCUT2D eigenvalue weighted by Crippen LogP contribution is -2.23. The van der Waals surface area contributed by atoms with Crippen molar-refractivity contribution in [2.24, 2.45) is 0 Å². The first-order valence-electron chi connectivity index (χ1n) is 8.13. The molecule has 0 aliphatic heterocycles. The van der Waals surface area contributed by atoms with Crippen LogP contribution in [0.3, 0.4) is 0 Å². The predicted octanol–water partition coefficient (Wildman–Crippen LogP) is 3.86. The summed E-state index contributed by atoms with van der Waals surface area (Å²) in [6.45, 7) is 10.9.